The maximum atomic E-state index is 4.96. The standard InChI is InChI=1S/C10H13NS2.K/c1-2-11(10(12)13)8-9-6-4-3-5-7-9;/h3-7H,2,8H2,1H3,(H,12,13);/q;+1/p-1. The van der Waals surface area contributed by atoms with E-state index in [9.17, 15) is 0 Å². The van der Waals surface area contributed by atoms with Crippen molar-refractivity contribution in [2.24, 2.45) is 0 Å². The fourth-order valence-corrected chi connectivity index (χ4v) is 1.50. The average Bonchev–Trinajstić information content (AvgIpc) is 2.15. The number of rotatable bonds is 3. The molecule has 0 aromatic heterocycles. The molecule has 0 N–H and O–H groups in total. The zero-order valence-corrected chi connectivity index (χ0v) is 13.3. The Morgan fingerprint density at radius 2 is 1.93 bits per heavy atom. The third-order valence-corrected chi connectivity index (χ3v) is 2.37. The first-order valence-electron chi connectivity index (χ1n) is 4.24. The molecule has 1 rings (SSSR count). The molecule has 0 heterocycles. The normalized spacial score (nSPS) is 8.93. The third kappa shape index (κ3) is 5.16. The maximum Gasteiger partial charge on any atom is 1.00 e. The molecule has 70 valence electrons. The van der Waals surface area contributed by atoms with E-state index >= 15 is 0 Å². The van der Waals surface area contributed by atoms with Gasteiger partial charge in [-0.2, -0.15) is 0 Å². The molecule has 0 atom stereocenters. The molecule has 14 heavy (non-hydrogen) atoms. The summed E-state index contributed by atoms with van der Waals surface area (Å²) in [6, 6.07) is 10.2. The zero-order chi connectivity index (χ0) is 9.68. The minimum absolute atomic E-state index is 0. The van der Waals surface area contributed by atoms with Gasteiger partial charge in [-0.3, -0.25) is 0 Å². The second kappa shape index (κ2) is 8.16. The summed E-state index contributed by atoms with van der Waals surface area (Å²) < 4.78 is 0.548. The summed E-state index contributed by atoms with van der Waals surface area (Å²) in [5, 5.41) is 0. The van der Waals surface area contributed by atoms with Crippen LogP contribution in [0.4, 0.5) is 0 Å². The SMILES string of the molecule is CCN(Cc1ccccc1)C(=S)[S-].[K+]. The molecule has 0 aliphatic heterocycles. The number of benzene rings is 1. The van der Waals surface area contributed by atoms with Gasteiger partial charge in [0, 0.05) is 13.1 Å². The van der Waals surface area contributed by atoms with E-state index in [0.29, 0.717) is 4.32 Å². The van der Waals surface area contributed by atoms with Crippen LogP contribution >= 0.6 is 12.2 Å². The fourth-order valence-electron chi connectivity index (χ4n) is 1.11. The minimum atomic E-state index is 0. The first-order valence-corrected chi connectivity index (χ1v) is 5.05. The Morgan fingerprint density at radius 1 is 1.36 bits per heavy atom. The predicted molar refractivity (Wildman–Crippen MR) is 62.5 cm³/mol. The fraction of sp³-hybridized carbons (Fsp3) is 0.300. The van der Waals surface area contributed by atoms with Crippen molar-refractivity contribution in [1.82, 2.24) is 4.90 Å². The summed E-state index contributed by atoms with van der Waals surface area (Å²) in [5.74, 6) is 0. The molecular weight excluding hydrogens is 237 g/mol. The summed E-state index contributed by atoms with van der Waals surface area (Å²) in [6.07, 6.45) is 0. The molecule has 1 nitrogen and oxygen atoms in total. The molecule has 0 saturated heterocycles. The Morgan fingerprint density at radius 3 is 2.36 bits per heavy atom. The van der Waals surface area contributed by atoms with Gasteiger partial charge in [0.15, 0.2) is 0 Å². The zero-order valence-electron chi connectivity index (χ0n) is 8.56. The quantitative estimate of drug-likeness (QED) is 0.398. The number of hydrogen-bond donors (Lipinski definition) is 0. The number of nitrogens with zero attached hydrogens (tertiary/aromatic N) is 1. The van der Waals surface area contributed by atoms with Crippen LogP contribution in [0, 0.1) is 0 Å². The van der Waals surface area contributed by atoms with Crippen LogP contribution in [0.5, 0.6) is 0 Å². The smallest absolute Gasteiger partial charge is 0.411 e. The van der Waals surface area contributed by atoms with Crippen LogP contribution < -0.4 is 51.4 Å². The minimum Gasteiger partial charge on any atom is -0.411 e. The molecule has 0 amide bonds. The maximum absolute atomic E-state index is 4.96. The largest absolute Gasteiger partial charge is 1.00 e. The summed E-state index contributed by atoms with van der Waals surface area (Å²) >= 11 is 9.91. The topological polar surface area (TPSA) is 3.24 Å². The van der Waals surface area contributed by atoms with E-state index < -0.39 is 0 Å². The molecule has 1 aromatic carbocycles. The van der Waals surface area contributed by atoms with E-state index in [1.165, 1.54) is 5.56 Å². The van der Waals surface area contributed by atoms with Crippen molar-refractivity contribution < 1.29 is 51.4 Å². The van der Waals surface area contributed by atoms with Gasteiger partial charge < -0.3 is 29.7 Å². The molecule has 0 aliphatic rings. The van der Waals surface area contributed by atoms with E-state index in [-0.39, 0.29) is 51.4 Å². The van der Waals surface area contributed by atoms with Crippen molar-refractivity contribution in [2.45, 2.75) is 13.5 Å². The second-order valence-corrected chi connectivity index (χ2v) is 3.80. The Bertz CT molecular complexity index is 277. The Labute approximate surface area is 139 Å². The van der Waals surface area contributed by atoms with Crippen LogP contribution in [-0.2, 0) is 19.2 Å². The average molecular weight is 249 g/mol. The number of thiocarbonyl (C=S) groups is 1. The summed E-state index contributed by atoms with van der Waals surface area (Å²) in [4.78, 5) is 2.00. The molecule has 0 radical (unpaired) electrons. The van der Waals surface area contributed by atoms with Crippen molar-refractivity contribution in [3.8, 4) is 0 Å². The van der Waals surface area contributed by atoms with Gasteiger partial charge in [-0.1, -0.05) is 34.7 Å². The second-order valence-electron chi connectivity index (χ2n) is 2.77. The summed E-state index contributed by atoms with van der Waals surface area (Å²) in [5.41, 5.74) is 1.25. The van der Waals surface area contributed by atoms with Gasteiger partial charge in [0.25, 0.3) is 0 Å². The van der Waals surface area contributed by atoms with Gasteiger partial charge in [-0.25, -0.2) is 0 Å². The first kappa shape index (κ1) is 15.0. The van der Waals surface area contributed by atoms with E-state index in [0.717, 1.165) is 13.1 Å². The Hall–Kier alpha value is 0.966. The Balaban J connectivity index is 0.00000169. The van der Waals surface area contributed by atoms with Gasteiger partial charge >= 0.3 is 51.4 Å². The van der Waals surface area contributed by atoms with Crippen molar-refractivity contribution in [3.05, 3.63) is 35.9 Å². The van der Waals surface area contributed by atoms with E-state index in [4.69, 9.17) is 24.8 Å². The molecule has 0 bridgehead atoms. The van der Waals surface area contributed by atoms with Crippen LogP contribution in [0.25, 0.3) is 0 Å². The van der Waals surface area contributed by atoms with Crippen molar-refractivity contribution in [3.63, 3.8) is 0 Å². The molecular formula is C10H12KNS2. The van der Waals surface area contributed by atoms with Crippen molar-refractivity contribution in [1.29, 1.82) is 0 Å². The molecule has 0 spiro atoms. The molecule has 0 saturated carbocycles. The monoisotopic (exact) mass is 249 g/mol. The van der Waals surface area contributed by atoms with Gasteiger partial charge in [0.1, 0.15) is 0 Å². The first-order chi connectivity index (χ1) is 6.24. The van der Waals surface area contributed by atoms with E-state index in [1.807, 2.05) is 23.1 Å². The van der Waals surface area contributed by atoms with E-state index in [2.05, 4.69) is 19.1 Å². The van der Waals surface area contributed by atoms with Gasteiger partial charge in [-0.05, 0) is 12.5 Å². The van der Waals surface area contributed by atoms with Gasteiger partial charge in [-0.15, -0.1) is 0 Å². The van der Waals surface area contributed by atoms with Crippen LogP contribution in [0.15, 0.2) is 30.3 Å². The molecule has 1 aromatic rings. The summed E-state index contributed by atoms with van der Waals surface area (Å²) in [7, 11) is 0. The van der Waals surface area contributed by atoms with Crippen molar-refractivity contribution >= 4 is 29.2 Å². The molecule has 0 unspecified atom stereocenters. The number of hydrogen-bond acceptors (Lipinski definition) is 2. The predicted octanol–water partition coefficient (Wildman–Crippen LogP) is -0.656. The van der Waals surface area contributed by atoms with Gasteiger partial charge in [0.05, 0.1) is 0 Å². The molecule has 4 heteroatoms. The van der Waals surface area contributed by atoms with Crippen LogP contribution in [0.3, 0.4) is 0 Å². The van der Waals surface area contributed by atoms with Crippen molar-refractivity contribution in [2.75, 3.05) is 6.54 Å². The van der Waals surface area contributed by atoms with E-state index in [1.54, 1.807) is 0 Å². The van der Waals surface area contributed by atoms with Crippen LogP contribution in [-0.4, -0.2) is 15.8 Å². The Kier molecular flexibility index (Phi) is 8.72. The third-order valence-electron chi connectivity index (χ3n) is 1.86. The van der Waals surface area contributed by atoms with Gasteiger partial charge in [0.2, 0.25) is 0 Å². The summed E-state index contributed by atoms with van der Waals surface area (Å²) in [6.45, 7) is 3.75. The molecule has 0 fully saturated rings. The molecule has 0 aliphatic carbocycles. The van der Waals surface area contributed by atoms with Crippen LogP contribution in [0.1, 0.15) is 12.5 Å². The van der Waals surface area contributed by atoms with Crippen LogP contribution in [0.2, 0.25) is 0 Å².